The lowest BCUT2D eigenvalue weighted by molar-refractivity contribution is 0.516. The first-order chi connectivity index (χ1) is 9.72. The number of nitrogens with zero attached hydrogens (tertiary/aromatic N) is 2. The van der Waals surface area contributed by atoms with E-state index in [0.717, 1.165) is 27.3 Å². The van der Waals surface area contributed by atoms with Crippen LogP contribution in [-0.2, 0) is 6.54 Å². The topological polar surface area (TPSA) is 66.7 Å². The molecular formula is C14H13BrN4O. The summed E-state index contributed by atoms with van der Waals surface area (Å²) in [5, 5.41) is 10.3. The Kier molecular flexibility index (Phi) is 3.56. The molecule has 0 aliphatic heterocycles. The number of furan rings is 1. The minimum absolute atomic E-state index is 0.615. The fourth-order valence-corrected chi connectivity index (χ4v) is 2.22. The quantitative estimate of drug-likeness (QED) is 0.763. The number of nitrogens with one attached hydrogen (secondary N) is 2. The number of halogens is 1. The first-order valence-corrected chi connectivity index (χ1v) is 6.97. The van der Waals surface area contributed by atoms with Crippen LogP contribution in [0.5, 0.6) is 0 Å². The fraction of sp³-hybridized carbons (Fsp3) is 0.143. The monoisotopic (exact) mass is 332 g/mol. The predicted molar refractivity (Wildman–Crippen MR) is 80.3 cm³/mol. The Morgan fingerprint density at radius 2 is 2.25 bits per heavy atom. The van der Waals surface area contributed by atoms with Crippen LogP contribution in [0.1, 0.15) is 11.6 Å². The van der Waals surface area contributed by atoms with Crippen LogP contribution in [0.3, 0.4) is 0 Å². The van der Waals surface area contributed by atoms with Crippen LogP contribution in [0.15, 0.2) is 45.5 Å². The van der Waals surface area contributed by atoms with Crippen molar-refractivity contribution in [3.05, 3.63) is 52.7 Å². The third kappa shape index (κ3) is 2.75. The molecular weight excluding hydrogens is 320 g/mol. The van der Waals surface area contributed by atoms with E-state index in [2.05, 4.69) is 36.4 Å². The minimum atomic E-state index is 0.615. The second-order valence-corrected chi connectivity index (χ2v) is 5.22. The number of aromatic nitrogens is 3. The van der Waals surface area contributed by atoms with Gasteiger partial charge in [-0.05, 0) is 41.1 Å². The van der Waals surface area contributed by atoms with E-state index < -0.39 is 0 Å². The lowest BCUT2D eigenvalue weighted by Crippen LogP contribution is -1.98. The van der Waals surface area contributed by atoms with Crippen molar-refractivity contribution in [3.63, 3.8) is 0 Å². The Balaban J connectivity index is 1.76. The molecule has 3 rings (SSSR count). The second kappa shape index (κ2) is 5.50. The molecule has 1 aromatic carbocycles. The van der Waals surface area contributed by atoms with E-state index in [0.29, 0.717) is 12.4 Å². The van der Waals surface area contributed by atoms with Crippen LogP contribution >= 0.6 is 15.9 Å². The minimum Gasteiger partial charge on any atom is -0.466 e. The van der Waals surface area contributed by atoms with E-state index in [-0.39, 0.29) is 0 Å². The van der Waals surface area contributed by atoms with Crippen molar-refractivity contribution in [2.24, 2.45) is 0 Å². The van der Waals surface area contributed by atoms with Gasteiger partial charge in [0.2, 0.25) is 0 Å². The summed E-state index contributed by atoms with van der Waals surface area (Å²) >= 11 is 3.44. The van der Waals surface area contributed by atoms with Crippen LogP contribution in [0.25, 0.3) is 11.4 Å². The van der Waals surface area contributed by atoms with Crippen molar-refractivity contribution in [3.8, 4) is 11.4 Å². The first kappa shape index (κ1) is 12.9. The molecule has 6 heteroatoms. The molecule has 5 nitrogen and oxygen atoms in total. The molecule has 0 saturated heterocycles. The van der Waals surface area contributed by atoms with Crippen LogP contribution in [-0.4, -0.2) is 15.2 Å². The summed E-state index contributed by atoms with van der Waals surface area (Å²) in [6, 6.07) is 9.85. The van der Waals surface area contributed by atoms with Gasteiger partial charge in [-0.25, -0.2) is 4.98 Å². The summed E-state index contributed by atoms with van der Waals surface area (Å²) in [6.07, 6.45) is 1.66. The highest BCUT2D eigenvalue weighted by Crippen LogP contribution is 2.22. The summed E-state index contributed by atoms with van der Waals surface area (Å²) in [5.74, 6) is 2.37. The smallest absolute Gasteiger partial charge is 0.181 e. The van der Waals surface area contributed by atoms with Gasteiger partial charge in [0.05, 0.1) is 17.3 Å². The third-order valence-corrected chi connectivity index (χ3v) is 3.57. The van der Waals surface area contributed by atoms with E-state index in [1.165, 1.54) is 0 Å². The van der Waals surface area contributed by atoms with Crippen molar-refractivity contribution in [2.75, 3.05) is 5.32 Å². The summed E-state index contributed by atoms with van der Waals surface area (Å²) in [5.41, 5.74) is 1.96. The summed E-state index contributed by atoms with van der Waals surface area (Å²) < 4.78 is 6.33. The van der Waals surface area contributed by atoms with E-state index >= 15 is 0 Å². The van der Waals surface area contributed by atoms with Gasteiger partial charge in [0.15, 0.2) is 5.82 Å². The van der Waals surface area contributed by atoms with Crippen LogP contribution < -0.4 is 5.32 Å². The van der Waals surface area contributed by atoms with E-state index in [9.17, 15) is 0 Å². The molecule has 2 heterocycles. The van der Waals surface area contributed by atoms with Gasteiger partial charge in [-0.3, -0.25) is 5.10 Å². The zero-order valence-corrected chi connectivity index (χ0v) is 12.4. The highest BCUT2D eigenvalue weighted by molar-refractivity contribution is 9.10. The molecule has 0 aliphatic carbocycles. The maximum Gasteiger partial charge on any atom is 0.181 e. The van der Waals surface area contributed by atoms with E-state index in [1.807, 2.05) is 37.3 Å². The van der Waals surface area contributed by atoms with Crippen molar-refractivity contribution in [1.82, 2.24) is 15.2 Å². The Hall–Kier alpha value is -2.08. The van der Waals surface area contributed by atoms with Crippen molar-refractivity contribution < 1.29 is 4.42 Å². The summed E-state index contributed by atoms with van der Waals surface area (Å²) in [4.78, 5) is 4.33. The zero-order valence-electron chi connectivity index (χ0n) is 10.9. The predicted octanol–water partition coefficient (Wildman–Crippen LogP) is 3.75. The fourth-order valence-electron chi connectivity index (χ4n) is 1.87. The van der Waals surface area contributed by atoms with Crippen LogP contribution in [0.4, 0.5) is 5.69 Å². The standard InChI is InChI=1S/C14H13BrN4O/c1-9-17-14(19-18-9)10-3-2-4-11(7-10)16-8-13-12(15)5-6-20-13/h2-7,16H,8H2,1H3,(H,17,18,19). The molecule has 0 fully saturated rings. The number of benzene rings is 1. The largest absolute Gasteiger partial charge is 0.466 e. The number of hydrogen-bond donors (Lipinski definition) is 2. The van der Waals surface area contributed by atoms with Gasteiger partial charge in [-0.2, -0.15) is 5.10 Å². The lowest BCUT2D eigenvalue weighted by Gasteiger charge is -2.06. The van der Waals surface area contributed by atoms with Gasteiger partial charge in [0, 0.05) is 11.3 Å². The van der Waals surface area contributed by atoms with Crippen molar-refractivity contribution in [1.29, 1.82) is 0 Å². The van der Waals surface area contributed by atoms with Gasteiger partial charge < -0.3 is 9.73 Å². The lowest BCUT2D eigenvalue weighted by atomic mass is 10.2. The Morgan fingerprint density at radius 1 is 1.35 bits per heavy atom. The Labute approximate surface area is 124 Å². The molecule has 2 N–H and O–H groups in total. The number of rotatable bonds is 4. The molecule has 20 heavy (non-hydrogen) atoms. The highest BCUT2D eigenvalue weighted by Gasteiger charge is 2.06. The maximum atomic E-state index is 5.37. The van der Waals surface area contributed by atoms with E-state index in [4.69, 9.17) is 4.42 Å². The molecule has 0 amide bonds. The van der Waals surface area contributed by atoms with Gasteiger partial charge in [-0.15, -0.1) is 0 Å². The molecule has 0 atom stereocenters. The highest BCUT2D eigenvalue weighted by atomic mass is 79.9. The molecule has 0 unspecified atom stereocenters. The number of H-pyrrole nitrogens is 1. The van der Waals surface area contributed by atoms with Crippen molar-refractivity contribution in [2.45, 2.75) is 13.5 Å². The summed E-state index contributed by atoms with van der Waals surface area (Å²) in [6.45, 7) is 2.50. The molecule has 2 aromatic heterocycles. The number of aromatic amines is 1. The first-order valence-electron chi connectivity index (χ1n) is 6.17. The van der Waals surface area contributed by atoms with Gasteiger partial charge in [0.1, 0.15) is 11.6 Å². The number of aryl methyl sites for hydroxylation is 1. The average molecular weight is 333 g/mol. The molecule has 0 bridgehead atoms. The SMILES string of the molecule is Cc1nc(-c2cccc(NCc3occc3Br)c2)n[nH]1. The van der Waals surface area contributed by atoms with Gasteiger partial charge >= 0.3 is 0 Å². The second-order valence-electron chi connectivity index (χ2n) is 4.37. The third-order valence-electron chi connectivity index (χ3n) is 2.86. The normalized spacial score (nSPS) is 10.7. The summed E-state index contributed by atoms with van der Waals surface area (Å²) in [7, 11) is 0. The average Bonchev–Trinajstić information content (AvgIpc) is 3.06. The zero-order chi connectivity index (χ0) is 13.9. The van der Waals surface area contributed by atoms with Crippen LogP contribution in [0, 0.1) is 6.92 Å². The van der Waals surface area contributed by atoms with Crippen molar-refractivity contribution >= 4 is 21.6 Å². The number of anilines is 1. The molecule has 0 radical (unpaired) electrons. The van der Waals surface area contributed by atoms with Gasteiger partial charge in [-0.1, -0.05) is 12.1 Å². The van der Waals surface area contributed by atoms with Gasteiger partial charge in [0.25, 0.3) is 0 Å². The molecule has 0 aliphatic rings. The maximum absolute atomic E-state index is 5.37. The molecule has 0 saturated carbocycles. The van der Waals surface area contributed by atoms with Crippen LogP contribution in [0.2, 0.25) is 0 Å². The molecule has 102 valence electrons. The molecule has 3 aromatic rings. The Morgan fingerprint density at radius 3 is 2.95 bits per heavy atom. The Bertz CT molecular complexity index is 719. The number of hydrogen-bond acceptors (Lipinski definition) is 4. The molecule has 0 spiro atoms. The van der Waals surface area contributed by atoms with E-state index in [1.54, 1.807) is 6.26 Å².